The van der Waals surface area contributed by atoms with Crippen molar-refractivity contribution in [2.45, 2.75) is 19.1 Å². The van der Waals surface area contributed by atoms with Crippen LogP contribution in [0.5, 0.6) is 0 Å². The standard InChI is InChI=1S/C24H19NO2/c1-17-10-14-20(15-11-17)23-22(25-24(26)27-23)21-9-5-8-19(16-21)13-12-18-6-3-2-4-7-18/h2-11,14-16,22-23H,1H3,(H,25,26)/t22-,23-/m1/s1. The van der Waals surface area contributed by atoms with Crippen LogP contribution in [0.4, 0.5) is 4.79 Å². The lowest BCUT2D eigenvalue weighted by Gasteiger charge is -2.18. The van der Waals surface area contributed by atoms with Gasteiger partial charge in [0.25, 0.3) is 0 Å². The smallest absolute Gasteiger partial charge is 0.408 e. The second-order valence-electron chi connectivity index (χ2n) is 6.60. The Balaban J connectivity index is 1.63. The zero-order chi connectivity index (χ0) is 18.6. The third kappa shape index (κ3) is 3.86. The summed E-state index contributed by atoms with van der Waals surface area (Å²) in [6.07, 6.45) is -0.748. The molecule has 0 unspecified atom stereocenters. The maximum absolute atomic E-state index is 11.9. The van der Waals surface area contributed by atoms with Gasteiger partial charge in [0.15, 0.2) is 6.10 Å². The molecule has 1 aliphatic rings. The molecule has 1 fully saturated rings. The molecular weight excluding hydrogens is 334 g/mol. The Hall–Kier alpha value is -3.51. The molecule has 3 aromatic rings. The van der Waals surface area contributed by atoms with Crippen LogP contribution >= 0.6 is 0 Å². The molecule has 2 atom stereocenters. The van der Waals surface area contributed by atoms with Gasteiger partial charge in [0, 0.05) is 11.1 Å². The van der Waals surface area contributed by atoms with Crippen molar-refractivity contribution >= 4 is 6.09 Å². The lowest BCUT2D eigenvalue weighted by atomic mass is 9.95. The van der Waals surface area contributed by atoms with Crippen molar-refractivity contribution in [1.82, 2.24) is 5.32 Å². The van der Waals surface area contributed by atoms with Gasteiger partial charge >= 0.3 is 6.09 Å². The number of benzene rings is 3. The maximum Gasteiger partial charge on any atom is 0.408 e. The Bertz CT molecular complexity index is 1010. The number of nitrogens with one attached hydrogen (secondary N) is 1. The average Bonchev–Trinajstić information content (AvgIpc) is 3.10. The van der Waals surface area contributed by atoms with Gasteiger partial charge in [-0.2, -0.15) is 0 Å². The summed E-state index contributed by atoms with van der Waals surface area (Å²) >= 11 is 0. The molecule has 0 radical (unpaired) electrons. The van der Waals surface area contributed by atoms with Crippen LogP contribution in [0.1, 0.15) is 40.0 Å². The van der Waals surface area contributed by atoms with Crippen molar-refractivity contribution < 1.29 is 9.53 Å². The zero-order valence-corrected chi connectivity index (χ0v) is 15.0. The van der Waals surface area contributed by atoms with Crippen molar-refractivity contribution in [3.8, 4) is 11.8 Å². The molecule has 0 bridgehead atoms. The highest BCUT2D eigenvalue weighted by Crippen LogP contribution is 2.36. The van der Waals surface area contributed by atoms with Gasteiger partial charge in [-0.25, -0.2) is 4.79 Å². The summed E-state index contributed by atoms with van der Waals surface area (Å²) in [6.45, 7) is 2.04. The second kappa shape index (κ2) is 7.39. The largest absolute Gasteiger partial charge is 0.439 e. The maximum atomic E-state index is 11.9. The van der Waals surface area contributed by atoms with Gasteiger partial charge in [0.2, 0.25) is 0 Å². The van der Waals surface area contributed by atoms with Crippen molar-refractivity contribution in [3.05, 3.63) is 107 Å². The number of alkyl carbamates (subject to hydrolysis) is 1. The predicted octanol–water partition coefficient (Wildman–Crippen LogP) is 4.92. The van der Waals surface area contributed by atoms with E-state index in [1.165, 1.54) is 5.56 Å². The molecule has 0 aromatic heterocycles. The van der Waals surface area contributed by atoms with Crippen molar-refractivity contribution in [3.63, 3.8) is 0 Å². The van der Waals surface area contributed by atoms with Crippen molar-refractivity contribution in [2.75, 3.05) is 0 Å². The van der Waals surface area contributed by atoms with Crippen LogP contribution in [0, 0.1) is 18.8 Å². The summed E-state index contributed by atoms with van der Waals surface area (Å²) in [5.41, 5.74) is 5.00. The highest BCUT2D eigenvalue weighted by molar-refractivity contribution is 5.71. The fourth-order valence-electron chi connectivity index (χ4n) is 3.17. The quantitative estimate of drug-likeness (QED) is 0.664. The van der Waals surface area contributed by atoms with Crippen LogP contribution in [-0.2, 0) is 4.74 Å². The first-order chi connectivity index (χ1) is 13.2. The van der Waals surface area contributed by atoms with Gasteiger partial charge in [-0.3, -0.25) is 0 Å². The normalized spacial score (nSPS) is 18.2. The van der Waals surface area contributed by atoms with Crippen LogP contribution in [0.2, 0.25) is 0 Å². The lowest BCUT2D eigenvalue weighted by molar-refractivity contribution is 0.132. The summed E-state index contributed by atoms with van der Waals surface area (Å²) in [5.74, 6) is 6.36. The number of amides is 1. The van der Waals surface area contributed by atoms with E-state index in [4.69, 9.17) is 4.74 Å². The molecule has 3 heteroatoms. The van der Waals surface area contributed by atoms with E-state index in [1.807, 2.05) is 85.8 Å². The molecule has 1 amide bonds. The Morgan fingerprint density at radius 3 is 2.30 bits per heavy atom. The number of ether oxygens (including phenoxy) is 1. The fraction of sp³-hybridized carbons (Fsp3) is 0.125. The van der Waals surface area contributed by atoms with Gasteiger partial charge in [-0.1, -0.05) is 72.0 Å². The molecule has 3 aromatic carbocycles. The summed E-state index contributed by atoms with van der Waals surface area (Å²) < 4.78 is 5.54. The van der Waals surface area contributed by atoms with E-state index < -0.39 is 6.09 Å². The fourth-order valence-corrected chi connectivity index (χ4v) is 3.17. The third-order valence-corrected chi connectivity index (χ3v) is 4.59. The lowest BCUT2D eigenvalue weighted by Crippen LogP contribution is -2.19. The highest BCUT2D eigenvalue weighted by atomic mass is 16.6. The number of hydrogen-bond donors (Lipinski definition) is 1. The molecule has 132 valence electrons. The first-order valence-corrected chi connectivity index (χ1v) is 8.90. The second-order valence-corrected chi connectivity index (χ2v) is 6.60. The summed E-state index contributed by atoms with van der Waals surface area (Å²) in [5, 5.41) is 2.93. The van der Waals surface area contributed by atoms with Crippen LogP contribution in [0.3, 0.4) is 0 Å². The van der Waals surface area contributed by atoms with Crippen LogP contribution < -0.4 is 5.32 Å². The van der Waals surface area contributed by atoms with Crippen molar-refractivity contribution in [2.24, 2.45) is 0 Å². The molecule has 0 saturated carbocycles. The molecule has 1 aliphatic heterocycles. The van der Waals surface area contributed by atoms with Crippen LogP contribution in [-0.4, -0.2) is 6.09 Å². The van der Waals surface area contributed by atoms with E-state index in [0.717, 1.165) is 22.3 Å². The van der Waals surface area contributed by atoms with E-state index in [0.29, 0.717) is 0 Å². The molecule has 1 heterocycles. The van der Waals surface area contributed by atoms with Crippen molar-refractivity contribution in [1.29, 1.82) is 0 Å². The molecule has 0 spiro atoms. The zero-order valence-electron chi connectivity index (χ0n) is 15.0. The van der Waals surface area contributed by atoms with E-state index in [2.05, 4.69) is 17.2 Å². The first-order valence-electron chi connectivity index (χ1n) is 8.90. The summed E-state index contributed by atoms with van der Waals surface area (Å²) in [7, 11) is 0. The van der Waals surface area contributed by atoms with E-state index >= 15 is 0 Å². The predicted molar refractivity (Wildman–Crippen MR) is 105 cm³/mol. The molecular formula is C24H19NO2. The number of rotatable bonds is 2. The first kappa shape index (κ1) is 16.9. The Morgan fingerprint density at radius 1 is 0.815 bits per heavy atom. The molecule has 1 saturated heterocycles. The molecule has 4 rings (SSSR count). The number of hydrogen-bond acceptors (Lipinski definition) is 2. The van der Waals surface area contributed by atoms with E-state index in [-0.39, 0.29) is 12.1 Å². The van der Waals surface area contributed by atoms with Gasteiger partial charge in [0.05, 0.1) is 6.04 Å². The van der Waals surface area contributed by atoms with Gasteiger partial charge in [0.1, 0.15) is 0 Å². The minimum Gasteiger partial charge on any atom is -0.439 e. The van der Waals surface area contributed by atoms with Crippen LogP contribution in [0.15, 0.2) is 78.9 Å². The third-order valence-electron chi connectivity index (χ3n) is 4.59. The van der Waals surface area contributed by atoms with Gasteiger partial charge in [-0.15, -0.1) is 0 Å². The molecule has 0 aliphatic carbocycles. The van der Waals surface area contributed by atoms with E-state index in [1.54, 1.807) is 0 Å². The Morgan fingerprint density at radius 2 is 1.52 bits per heavy atom. The molecule has 3 nitrogen and oxygen atoms in total. The molecule has 27 heavy (non-hydrogen) atoms. The number of cyclic esters (lactones) is 1. The monoisotopic (exact) mass is 353 g/mol. The summed E-state index contributed by atoms with van der Waals surface area (Å²) in [4.78, 5) is 11.9. The highest BCUT2D eigenvalue weighted by Gasteiger charge is 2.36. The SMILES string of the molecule is Cc1ccc([C@H]2OC(=O)N[C@@H]2c2cccc(C#Cc3ccccc3)c2)cc1. The minimum absolute atomic E-state index is 0.237. The Labute approximate surface area is 159 Å². The van der Waals surface area contributed by atoms with Gasteiger partial charge < -0.3 is 10.1 Å². The minimum atomic E-state index is -0.397. The average molecular weight is 353 g/mol. The summed E-state index contributed by atoms with van der Waals surface area (Å²) in [6, 6.07) is 25.6. The van der Waals surface area contributed by atoms with Crippen LogP contribution in [0.25, 0.3) is 0 Å². The molecule has 1 N–H and O–H groups in total. The Kier molecular flexibility index (Phi) is 4.63. The number of carbonyl (C=O) groups excluding carboxylic acids is 1. The van der Waals surface area contributed by atoms with Gasteiger partial charge in [-0.05, 0) is 42.3 Å². The number of carbonyl (C=O) groups is 1. The van der Waals surface area contributed by atoms with E-state index in [9.17, 15) is 4.79 Å². The topological polar surface area (TPSA) is 38.3 Å². The number of aryl methyl sites for hydroxylation is 1.